The topological polar surface area (TPSA) is 44.1 Å². The molecular weight excluding hydrogens is 284 g/mol. The molecule has 2 bridgehead atoms. The molecule has 0 aromatic heterocycles. The Morgan fingerprint density at radius 3 is 2.52 bits per heavy atom. The third-order valence-corrected chi connectivity index (χ3v) is 5.50. The highest BCUT2D eigenvalue weighted by molar-refractivity contribution is 5.81. The van der Waals surface area contributed by atoms with E-state index in [2.05, 4.69) is 41.3 Å². The van der Waals surface area contributed by atoms with Crippen molar-refractivity contribution >= 4 is 5.78 Å². The first-order valence-electron chi connectivity index (χ1n) is 8.97. The highest BCUT2D eigenvalue weighted by Crippen LogP contribution is 2.38. The van der Waals surface area contributed by atoms with Gasteiger partial charge in [-0.25, -0.2) is 0 Å². The summed E-state index contributed by atoms with van der Waals surface area (Å²) < 4.78 is 0. The van der Waals surface area contributed by atoms with Gasteiger partial charge in [-0.1, -0.05) is 36.8 Å². The number of carbonyl (C=O) groups is 1. The van der Waals surface area contributed by atoms with Crippen LogP contribution in [0.1, 0.15) is 56.9 Å². The van der Waals surface area contributed by atoms with E-state index in [0.717, 1.165) is 25.8 Å². The molecule has 0 spiro atoms. The molecule has 0 amide bonds. The maximum absolute atomic E-state index is 12.4. The molecule has 2 saturated heterocycles. The number of nitrogens with zero attached hydrogens (tertiary/aromatic N) is 2. The summed E-state index contributed by atoms with van der Waals surface area (Å²) in [5, 5.41) is 8.63. The Bertz CT molecular complexity index is 549. The molecule has 2 unspecified atom stereocenters. The Kier molecular flexibility index (Phi) is 5.46. The number of piperidine rings is 2. The summed E-state index contributed by atoms with van der Waals surface area (Å²) in [7, 11) is 0. The van der Waals surface area contributed by atoms with Gasteiger partial charge in [0.15, 0.2) is 0 Å². The summed E-state index contributed by atoms with van der Waals surface area (Å²) in [5.74, 6) is 0.632. The van der Waals surface area contributed by atoms with E-state index in [0.29, 0.717) is 30.7 Å². The number of hydrogen-bond acceptors (Lipinski definition) is 3. The average Bonchev–Trinajstić information content (AvgIpc) is 2.55. The van der Waals surface area contributed by atoms with Crippen LogP contribution in [-0.4, -0.2) is 22.8 Å². The van der Waals surface area contributed by atoms with E-state index in [1.165, 1.54) is 24.8 Å². The standard InChI is InChI=1S/C20H26N2O/c21-12-5-4-11-20(23)17-13-18-9-6-10-19(14-17)22(18)15-16-7-2-1-3-8-16/h1-3,7-8,17-19H,4-6,9-11,13-15H2. The van der Waals surface area contributed by atoms with Crippen molar-refractivity contribution in [2.24, 2.45) is 5.92 Å². The fourth-order valence-electron chi connectivity index (χ4n) is 4.34. The first kappa shape index (κ1) is 16.2. The first-order chi connectivity index (χ1) is 11.3. The highest BCUT2D eigenvalue weighted by Gasteiger charge is 2.40. The number of hydrogen-bond donors (Lipinski definition) is 0. The second kappa shape index (κ2) is 7.75. The molecule has 23 heavy (non-hydrogen) atoms. The van der Waals surface area contributed by atoms with Gasteiger partial charge in [-0.15, -0.1) is 0 Å². The Hall–Kier alpha value is -1.66. The molecule has 2 aliphatic rings. The van der Waals surface area contributed by atoms with Crippen molar-refractivity contribution in [3.63, 3.8) is 0 Å². The van der Waals surface area contributed by atoms with Crippen molar-refractivity contribution in [1.29, 1.82) is 5.26 Å². The minimum Gasteiger partial charge on any atom is -0.299 e. The van der Waals surface area contributed by atoms with Gasteiger partial charge in [-0.2, -0.15) is 5.26 Å². The van der Waals surface area contributed by atoms with E-state index in [-0.39, 0.29) is 5.92 Å². The Morgan fingerprint density at radius 2 is 1.87 bits per heavy atom. The number of unbranched alkanes of at least 4 members (excludes halogenated alkanes) is 1. The van der Waals surface area contributed by atoms with Gasteiger partial charge in [0, 0.05) is 37.4 Å². The predicted octanol–water partition coefficient (Wildman–Crippen LogP) is 4.08. The molecule has 3 heteroatoms. The van der Waals surface area contributed by atoms with Crippen LogP contribution in [0.3, 0.4) is 0 Å². The van der Waals surface area contributed by atoms with E-state index >= 15 is 0 Å². The molecule has 0 N–H and O–H groups in total. The summed E-state index contributed by atoms with van der Waals surface area (Å²) in [6, 6.07) is 14.0. The minimum atomic E-state index is 0.232. The zero-order valence-corrected chi connectivity index (χ0v) is 13.8. The molecule has 2 fully saturated rings. The van der Waals surface area contributed by atoms with Gasteiger partial charge in [0.1, 0.15) is 5.78 Å². The average molecular weight is 310 g/mol. The molecule has 0 radical (unpaired) electrons. The van der Waals surface area contributed by atoms with Crippen molar-refractivity contribution in [2.45, 2.75) is 70.0 Å². The molecule has 2 atom stereocenters. The van der Waals surface area contributed by atoms with Crippen LogP contribution in [0.5, 0.6) is 0 Å². The Balaban J connectivity index is 1.61. The van der Waals surface area contributed by atoms with Crippen LogP contribution in [0.2, 0.25) is 0 Å². The highest BCUT2D eigenvalue weighted by atomic mass is 16.1. The number of Topliss-reactive ketones (excluding diaryl/α,β-unsaturated/α-hetero) is 1. The molecule has 1 aromatic rings. The Morgan fingerprint density at radius 1 is 1.17 bits per heavy atom. The summed E-state index contributed by atoms with van der Waals surface area (Å²) in [5.41, 5.74) is 1.38. The zero-order valence-electron chi connectivity index (χ0n) is 13.8. The van der Waals surface area contributed by atoms with E-state index in [1.54, 1.807) is 0 Å². The van der Waals surface area contributed by atoms with E-state index in [9.17, 15) is 4.79 Å². The molecular formula is C20H26N2O. The molecule has 3 rings (SSSR count). The van der Waals surface area contributed by atoms with Gasteiger partial charge < -0.3 is 0 Å². The van der Waals surface area contributed by atoms with Gasteiger partial charge in [0.25, 0.3) is 0 Å². The van der Waals surface area contributed by atoms with Crippen LogP contribution < -0.4 is 0 Å². The molecule has 2 heterocycles. The fourth-order valence-corrected chi connectivity index (χ4v) is 4.34. The monoisotopic (exact) mass is 310 g/mol. The van der Waals surface area contributed by atoms with Crippen LogP contribution in [-0.2, 0) is 11.3 Å². The number of nitriles is 1. The third-order valence-electron chi connectivity index (χ3n) is 5.50. The quantitative estimate of drug-likeness (QED) is 0.744. The zero-order chi connectivity index (χ0) is 16.1. The first-order valence-corrected chi connectivity index (χ1v) is 8.97. The molecule has 1 aromatic carbocycles. The van der Waals surface area contributed by atoms with Gasteiger partial charge in [-0.3, -0.25) is 9.69 Å². The molecule has 2 aliphatic heterocycles. The molecule has 3 nitrogen and oxygen atoms in total. The number of rotatable bonds is 6. The maximum atomic E-state index is 12.4. The van der Waals surface area contributed by atoms with Crippen LogP contribution in [0.4, 0.5) is 0 Å². The lowest BCUT2D eigenvalue weighted by Crippen LogP contribution is -2.52. The van der Waals surface area contributed by atoms with Gasteiger partial charge in [0.2, 0.25) is 0 Å². The second-order valence-corrected chi connectivity index (χ2v) is 7.04. The van der Waals surface area contributed by atoms with Crippen LogP contribution in [0, 0.1) is 17.2 Å². The van der Waals surface area contributed by atoms with Crippen molar-refractivity contribution in [3.8, 4) is 6.07 Å². The lowest BCUT2D eigenvalue weighted by Gasteiger charge is -2.48. The number of benzene rings is 1. The summed E-state index contributed by atoms with van der Waals surface area (Å²) >= 11 is 0. The number of ketones is 1. The second-order valence-electron chi connectivity index (χ2n) is 7.04. The van der Waals surface area contributed by atoms with E-state index in [1.807, 2.05) is 0 Å². The van der Waals surface area contributed by atoms with Crippen LogP contribution in [0.25, 0.3) is 0 Å². The Labute approximate surface area is 139 Å². The maximum Gasteiger partial charge on any atom is 0.136 e. The number of carbonyl (C=O) groups excluding carboxylic acids is 1. The summed E-state index contributed by atoms with van der Waals surface area (Å²) in [6.45, 7) is 1.02. The normalized spacial score (nSPS) is 27.3. The van der Waals surface area contributed by atoms with Gasteiger partial charge >= 0.3 is 0 Å². The van der Waals surface area contributed by atoms with Crippen molar-refractivity contribution < 1.29 is 4.79 Å². The van der Waals surface area contributed by atoms with E-state index < -0.39 is 0 Å². The smallest absolute Gasteiger partial charge is 0.136 e. The SMILES string of the molecule is N#CCCCC(=O)C1CC2CCCC(C1)N2Cc1ccccc1. The largest absolute Gasteiger partial charge is 0.299 e. The molecule has 122 valence electrons. The lowest BCUT2D eigenvalue weighted by molar-refractivity contribution is -0.127. The third kappa shape index (κ3) is 4.00. The lowest BCUT2D eigenvalue weighted by atomic mass is 9.76. The minimum absolute atomic E-state index is 0.232. The number of fused-ring (bicyclic) bond motifs is 2. The summed E-state index contributed by atoms with van der Waals surface area (Å²) in [4.78, 5) is 15.1. The van der Waals surface area contributed by atoms with Crippen molar-refractivity contribution in [3.05, 3.63) is 35.9 Å². The summed E-state index contributed by atoms with van der Waals surface area (Å²) in [6.07, 6.45) is 7.63. The van der Waals surface area contributed by atoms with Crippen molar-refractivity contribution in [1.82, 2.24) is 4.90 Å². The van der Waals surface area contributed by atoms with E-state index in [4.69, 9.17) is 5.26 Å². The van der Waals surface area contributed by atoms with Crippen LogP contribution >= 0.6 is 0 Å². The van der Waals surface area contributed by atoms with Crippen LogP contribution in [0.15, 0.2) is 30.3 Å². The predicted molar refractivity (Wildman–Crippen MR) is 90.6 cm³/mol. The molecule has 0 saturated carbocycles. The fraction of sp³-hybridized carbons (Fsp3) is 0.600. The van der Waals surface area contributed by atoms with Crippen molar-refractivity contribution in [2.75, 3.05) is 0 Å². The molecule has 0 aliphatic carbocycles. The van der Waals surface area contributed by atoms with Gasteiger partial charge in [0.05, 0.1) is 6.07 Å². The van der Waals surface area contributed by atoms with Gasteiger partial charge in [-0.05, 0) is 37.7 Å².